The zero-order chi connectivity index (χ0) is 31.3. The monoisotopic (exact) mass is 635 g/mol. The molecule has 3 heterocycles. The molecule has 1 aliphatic carbocycles. The molecule has 1 fully saturated rings. The van der Waals surface area contributed by atoms with Gasteiger partial charge in [-0.1, -0.05) is 86.6 Å². The molecule has 0 amide bonds. The molecule has 4 aromatic carbocycles. The Kier molecular flexibility index (Phi) is 6.58. The summed E-state index contributed by atoms with van der Waals surface area (Å²) in [6.07, 6.45) is 3.07. The molecule has 8 rings (SSSR count). The van der Waals surface area contributed by atoms with Crippen LogP contribution in [0, 0.1) is 11.8 Å². The lowest BCUT2D eigenvalue weighted by Crippen LogP contribution is -2.56. The molecule has 0 saturated heterocycles. The second kappa shape index (κ2) is 10.1. The largest absolute Gasteiger partial charge is 0.362 e. The molecule has 45 heavy (non-hydrogen) atoms. The quantitative estimate of drug-likeness (QED) is 0.223. The molecule has 4 aliphatic rings. The standard InChI is InChI=1S/C39H41NO3S2/c1-25(2)38(3,4)40-32-17-9-5-13-26(32)27-21-22-31-37(24-23-33(27)40)45(42,43)36-20-12-8-16-30(36)39(31)28-14-6-10-18-34(28)44(41)35-19-11-7-15-29(35)39/h5-20,25,27,31,33,37H,21-24H2,1-4H3/t27?,31?,33?,37-,39?,44?/m1/s1. The van der Waals surface area contributed by atoms with E-state index in [1.54, 1.807) is 0 Å². The highest BCUT2D eigenvalue weighted by molar-refractivity contribution is 7.92. The zero-order valence-electron chi connectivity index (χ0n) is 26.4. The van der Waals surface area contributed by atoms with Crippen molar-refractivity contribution in [2.45, 2.75) is 96.2 Å². The topological polar surface area (TPSA) is 54.5 Å². The molecule has 1 spiro atoms. The predicted molar refractivity (Wildman–Crippen MR) is 181 cm³/mol. The molecule has 0 radical (unpaired) electrons. The first-order valence-corrected chi connectivity index (χ1v) is 19.1. The Balaban J connectivity index is 1.38. The van der Waals surface area contributed by atoms with Crippen LogP contribution >= 0.6 is 0 Å². The van der Waals surface area contributed by atoms with Gasteiger partial charge in [0, 0.05) is 33.0 Å². The van der Waals surface area contributed by atoms with E-state index in [1.807, 2.05) is 60.7 Å². The smallest absolute Gasteiger partial charge is 0.181 e. The summed E-state index contributed by atoms with van der Waals surface area (Å²) in [7, 11) is -4.98. The summed E-state index contributed by atoms with van der Waals surface area (Å²) in [5.41, 5.74) is 4.76. The van der Waals surface area contributed by atoms with Gasteiger partial charge in [-0.15, -0.1) is 0 Å². The number of hydrogen-bond donors (Lipinski definition) is 0. The van der Waals surface area contributed by atoms with Gasteiger partial charge in [-0.25, -0.2) is 12.6 Å². The average molecular weight is 636 g/mol. The van der Waals surface area contributed by atoms with Crippen molar-refractivity contribution >= 4 is 26.3 Å². The molecule has 3 unspecified atom stereocenters. The molecular weight excluding hydrogens is 595 g/mol. The molecule has 4 aromatic rings. The van der Waals surface area contributed by atoms with Crippen LogP contribution in [0.3, 0.4) is 0 Å². The van der Waals surface area contributed by atoms with Gasteiger partial charge in [0.2, 0.25) is 0 Å². The summed E-state index contributed by atoms with van der Waals surface area (Å²) >= 11 is 0. The fourth-order valence-electron chi connectivity index (χ4n) is 9.49. The van der Waals surface area contributed by atoms with Crippen molar-refractivity contribution in [1.29, 1.82) is 0 Å². The minimum atomic E-state index is -3.64. The van der Waals surface area contributed by atoms with Gasteiger partial charge in [0.05, 0.1) is 26.4 Å². The van der Waals surface area contributed by atoms with E-state index in [1.165, 1.54) is 11.3 Å². The third kappa shape index (κ3) is 3.82. The van der Waals surface area contributed by atoms with E-state index in [-0.39, 0.29) is 17.5 Å². The van der Waals surface area contributed by atoms with Crippen LogP contribution in [0.4, 0.5) is 5.69 Å². The molecule has 6 heteroatoms. The third-order valence-electron chi connectivity index (χ3n) is 12.0. The summed E-state index contributed by atoms with van der Waals surface area (Å²) in [6, 6.07) is 33.0. The van der Waals surface area contributed by atoms with Gasteiger partial charge >= 0.3 is 0 Å². The van der Waals surface area contributed by atoms with Crippen molar-refractivity contribution in [2.75, 3.05) is 4.90 Å². The molecule has 0 N–H and O–H groups in total. The molecular formula is C39H41NO3S2. The van der Waals surface area contributed by atoms with Crippen molar-refractivity contribution in [3.05, 3.63) is 119 Å². The van der Waals surface area contributed by atoms with Gasteiger partial charge < -0.3 is 4.90 Å². The van der Waals surface area contributed by atoms with Gasteiger partial charge in [0.1, 0.15) is 0 Å². The van der Waals surface area contributed by atoms with Crippen LogP contribution in [0.1, 0.15) is 81.5 Å². The van der Waals surface area contributed by atoms with E-state index in [0.717, 1.165) is 45.7 Å². The fourth-order valence-corrected chi connectivity index (χ4v) is 13.3. The lowest BCUT2D eigenvalue weighted by Gasteiger charge is -2.54. The Hall–Kier alpha value is -3.22. The first kappa shape index (κ1) is 29.2. The molecule has 1 saturated carbocycles. The Bertz CT molecular complexity index is 1910. The number of hydrogen-bond acceptors (Lipinski definition) is 4. The number of para-hydroxylation sites is 1. The maximum Gasteiger partial charge on any atom is 0.181 e. The first-order valence-electron chi connectivity index (χ1n) is 16.4. The second-order valence-corrected chi connectivity index (χ2v) is 17.9. The highest BCUT2D eigenvalue weighted by Crippen LogP contribution is 2.62. The van der Waals surface area contributed by atoms with Crippen LogP contribution in [0.25, 0.3) is 0 Å². The number of benzene rings is 4. The Labute approximate surface area is 270 Å². The number of sulfone groups is 1. The number of rotatable bonds is 2. The number of anilines is 1. The van der Waals surface area contributed by atoms with E-state index in [9.17, 15) is 12.6 Å². The van der Waals surface area contributed by atoms with Gasteiger partial charge in [0.15, 0.2) is 9.84 Å². The van der Waals surface area contributed by atoms with Gasteiger partial charge in [-0.3, -0.25) is 0 Å². The maximum absolute atomic E-state index is 14.8. The normalized spacial score (nSPS) is 29.4. The third-order valence-corrected chi connectivity index (χ3v) is 15.8. The van der Waals surface area contributed by atoms with E-state index < -0.39 is 31.3 Å². The van der Waals surface area contributed by atoms with Crippen LogP contribution in [-0.4, -0.2) is 29.5 Å². The molecule has 0 aromatic heterocycles. The van der Waals surface area contributed by atoms with Crippen LogP contribution in [0.2, 0.25) is 0 Å². The van der Waals surface area contributed by atoms with E-state index in [0.29, 0.717) is 23.2 Å². The first-order chi connectivity index (χ1) is 21.6. The minimum Gasteiger partial charge on any atom is -0.362 e. The lowest BCUT2D eigenvalue weighted by atomic mass is 9.57. The second-order valence-electron chi connectivity index (χ2n) is 14.3. The fraction of sp³-hybridized carbons (Fsp3) is 0.385. The van der Waals surface area contributed by atoms with Crippen LogP contribution in [0.15, 0.2) is 112 Å². The Morgan fingerprint density at radius 2 is 1.33 bits per heavy atom. The van der Waals surface area contributed by atoms with E-state index >= 15 is 0 Å². The van der Waals surface area contributed by atoms with Crippen molar-refractivity contribution in [2.24, 2.45) is 11.8 Å². The summed E-state index contributed by atoms with van der Waals surface area (Å²) in [4.78, 5) is 4.70. The summed E-state index contributed by atoms with van der Waals surface area (Å²) in [5, 5.41) is -0.547. The highest BCUT2D eigenvalue weighted by atomic mass is 32.2. The van der Waals surface area contributed by atoms with Crippen molar-refractivity contribution < 1.29 is 12.6 Å². The van der Waals surface area contributed by atoms with Crippen molar-refractivity contribution in [3.63, 3.8) is 0 Å². The predicted octanol–water partition coefficient (Wildman–Crippen LogP) is 8.25. The number of fused-ring (bicyclic) bond motifs is 11. The summed E-state index contributed by atoms with van der Waals surface area (Å²) in [5.74, 6) is 0.546. The van der Waals surface area contributed by atoms with Crippen LogP contribution in [-0.2, 0) is 26.1 Å². The molecule has 0 bridgehead atoms. The Morgan fingerprint density at radius 3 is 2.00 bits per heavy atom. The zero-order valence-corrected chi connectivity index (χ0v) is 28.1. The van der Waals surface area contributed by atoms with Crippen molar-refractivity contribution in [1.82, 2.24) is 0 Å². The van der Waals surface area contributed by atoms with Crippen LogP contribution < -0.4 is 4.90 Å². The molecule has 232 valence electrons. The van der Waals surface area contributed by atoms with Crippen molar-refractivity contribution in [3.8, 4) is 0 Å². The van der Waals surface area contributed by atoms with Gasteiger partial charge in [0.25, 0.3) is 0 Å². The lowest BCUT2D eigenvalue weighted by molar-refractivity contribution is 0.234. The number of nitrogens with zero attached hydrogens (tertiary/aromatic N) is 1. The Morgan fingerprint density at radius 1 is 0.756 bits per heavy atom. The summed E-state index contributed by atoms with van der Waals surface area (Å²) < 4.78 is 43.8. The minimum absolute atomic E-state index is 0.0846. The van der Waals surface area contributed by atoms with Gasteiger partial charge in [-0.2, -0.15) is 0 Å². The summed E-state index contributed by atoms with van der Waals surface area (Å²) in [6.45, 7) is 9.28. The molecule has 4 atom stereocenters. The SMILES string of the molecule is CC(C)C(C)(C)N1c2ccccc2C2CCC3[C@@H](CCC21)S(=O)(=O)c1ccccc1C31c2ccccc2S(=O)c2ccccc21. The maximum atomic E-state index is 14.8. The van der Waals surface area contributed by atoms with E-state index in [4.69, 9.17) is 0 Å². The van der Waals surface area contributed by atoms with Gasteiger partial charge in [-0.05, 0) is 97.9 Å². The highest BCUT2D eigenvalue weighted by Gasteiger charge is 2.60. The van der Waals surface area contributed by atoms with E-state index in [2.05, 4.69) is 69.0 Å². The average Bonchev–Trinajstić information content (AvgIpc) is 3.34. The molecule has 4 nitrogen and oxygen atoms in total. The van der Waals surface area contributed by atoms with Crippen LogP contribution in [0.5, 0.6) is 0 Å². The molecule has 3 aliphatic heterocycles.